The van der Waals surface area contributed by atoms with E-state index in [1.165, 1.54) is 0 Å². The van der Waals surface area contributed by atoms with Crippen molar-refractivity contribution in [3.8, 4) is 5.75 Å². The zero-order valence-corrected chi connectivity index (χ0v) is 17.2. The molecule has 28 heavy (non-hydrogen) atoms. The van der Waals surface area contributed by atoms with Gasteiger partial charge in [-0.3, -0.25) is 10.1 Å². The van der Waals surface area contributed by atoms with Crippen molar-refractivity contribution in [2.45, 2.75) is 57.9 Å². The number of hydrogen-bond donors (Lipinski definition) is 2. The molecule has 0 unspecified atom stereocenters. The van der Waals surface area contributed by atoms with E-state index in [2.05, 4.69) is 5.32 Å². The lowest BCUT2D eigenvalue weighted by Gasteiger charge is -2.35. The van der Waals surface area contributed by atoms with Crippen LogP contribution >= 0.6 is 12.4 Å². The summed E-state index contributed by atoms with van der Waals surface area (Å²) in [5, 5.41) is 25.9. The molecular weight excluding hydrogens is 380 g/mol. The van der Waals surface area contributed by atoms with Crippen molar-refractivity contribution < 1.29 is 14.8 Å². The lowest BCUT2D eigenvalue weighted by atomic mass is 9.83. The van der Waals surface area contributed by atoms with Crippen LogP contribution in [-0.4, -0.2) is 21.6 Å². The molecule has 0 radical (unpaired) electrons. The molecule has 0 saturated heterocycles. The van der Waals surface area contributed by atoms with Crippen molar-refractivity contribution in [2.75, 3.05) is 0 Å². The van der Waals surface area contributed by atoms with E-state index in [-0.39, 0.29) is 42.0 Å². The van der Waals surface area contributed by atoms with Crippen molar-refractivity contribution in [2.24, 2.45) is 0 Å². The number of nitrogens with one attached hydrogen (secondary N) is 1. The zero-order valence-electron chi connectivity index (χ0n) is 16.3. The molecule has 0 heterocycles. The minimum Gasteiger partial charge on any atom is -0.482 e. The Labute approximate surface area is 171 Å². The summed E-state index contributed by atoms with van der Waals surface area (Å²) in [6.07, 6.45) is 0.378. The molecule has 0 bridgehead atoms. The smallest absolute Gasteiger partial charge is 0.314 e. The second-order valence-corrected chi connectivity index (χ2v) is 8.00. The third-order valence-corrected chi connectivity index (χ3v) is 4.73. The molecule has 2 atom stereocenters. The average Bonchev–Trinajstić information content (AvgIpc) is 2.61. The highest BCUT2D eigenvalue weighted by atomic mass is 35.5. The Kier molecular flexibility index (Phi) is 7.04. The highest BCUT2D eigenvalue weighted by Crippen LogP contribution is 2.41. The first-order valence-corrected chi connectivity index (χ1v) is 9.19. The largest absolute Gasteiger partial charge is 0.482 e. The van der Waals surface area contributed by atoms with Gasteiger partial charge in [-0.05, 0) is 50.8 Å². The van der Waals surface area contributed by atoms with Gasteiger partial charge >= 0.3 is 5.69 Å². The molecule has 0 amide bonds. The van der Waals surface area contributed by atoms with Gasteiger partial charge in [0.25, 0.3) is 0 Å². The Morgan fingerprint density at radius 3 is 2.50 bits per heavy atom. The number of aliphatic hydroxyl groups is 1. The molecule has 0 saturated carbocycles. The van der Waals surface area contributed by atoms with Gasteiger partial charge in [-0.15, -0.1) is 12.4 Å². The maximum Gasteiger partial charge on any atom is 0.314 e. The Morgan fingerprint density at radius 1 is 1.21 bits per heavy atom. The molecule has 7 heteroatoms. The lowest BCUT2D eigenvalue weighted by molar-refractivity contribution is -0.386. The molecule has 2 aromatic rings. The molecule has 1 aliphatic rings. The van der Waals surface area contributed by atoms with Gasteiger partial charge in [0.15, 0.2) is 5.75 Å². The van der Waals surface area contributed by atoms with Crippen molar-refractivity contribution in [3.63, 3.8) is 0 Å². The Bertz CT molecular complexity index is 821. The Morgan fingerprint density at radius 2 is 1.89 bits per heavy atom. The Balaban J connectivity index is 0.00000280. The van der Waals surface area contributed by atoms with Crippen LogP contribution in [-0.2, 0) is 13.0 Å². The van der Waals surface area contributed by atoms with Gasteiger partial charge in [0.2, 0.25) is 0 Å². The molecule has 1 aliphatic carbocycles. The summed E-state index contributed by atoms with van der Waals surface area (Å²) < 4.78 is 5.75. The number of aliphatic hydroxyl groups excluding tert-OH is 1. The van der Waals surface area contributed by atoms with E-state index in [9.17, 15) is 15.2 Å². The van der Waals surface area contributed by atoms with Gasteiger partial charge in [-0.25, -0.2) is 0 Å². The van der Waals surface area contributed by atoms with Gasteiger partial charge in [0.1, 0.15) is 6.61 Å². The quantitative estimate of drug-likeness (QED) is 0.570. The average molecular weight is 407 g/mol. The molecule has 152 valence electrons. The number of nitro groups is 1. The second-order valence-electron chi connectivity index (χ2n) is 8.00. The van der Waals surface area contributed by atoms with Crippen molar-refractivity contribution in [1.29, 1.82) is 0 Å². The molecule has 0 spiro atoms. The monoisotopic (exact) mass is 406 g/mol. The fraction of sp³-hybridized carbons (Fsp3) is 0.429. The minimum absolute atomic E-state index is 0. The SMILES string of the molecule is CC(C)(C)N[C@@H]1CCc2c(ccc(OCc3ccccc3)c2[N+](=O)[O-])[C@H]1O.Cl. The lowest BCUT2D eigenvalue weighted by Crippen LogP contribution is -2.48. The predicted octanol–water partition coefficient (Wildman–Crippen LogP) is 4.33. The van der Waals surface area contributed by atoms with E-state index in [1.807, 2.05) is 51.1 Å². The number of rotatable bonds is 5. The fourth-order valence-electron chi connectivity index (χ4n) is 3.60. The first-order valence-electron chi connectivity index (χ1n) is 9.19. The van der Waals surface area contributed by atoms with E-state index in [0.29, 0.717) is 24.0 Å². The topological polar surface area (TPSA) is 84.6 Å². The van der Waals surface area contributed by atoms with Crippen LogP contribution in [0.25, 0.3) is 0 Å². The van der Waals surface area contributed by atoms with E-state index < -0.39 is 11.0 Å². The summed E-state index contributed by atoms with van der Waals surface area (Å²) in [6.45, 7) is 6.38. The van der Waals surface area contributed by atoms with Crippen LogP contribution in [0.3, 0.4) is 0 Å². The van der Waals surface area contributed by atoms with Crippen molar-refractivity contribution >= 4 is 18.1 Å². The van der Waals surface area contributed by atoms with Gasteiger partial charge in [0.05, 0.1) is 11.0 Å². The minimum atomic E-state index is -0.783. The van der Waals surface area contributed by atoms with E-state index in [0.717, 1.165) is 5.56 Å². The second kappa shape index (κ2) is 8.90. The number of fused-ring (bicyclic) bond motifs is 1. The molecule has 2 N–H and O–H groups in total. The predicted molar refractivity (Wildman–Crippen MR) is 111 cm³/mol. The summed E-state index contributed by atoms with van der Waals surface area (Å²) in [6, 6.07) is 12.8. The molecule has 3 rings (SSSR count). The summed E-state index contributed by atoms with van der Waals surface area (Å²) >= 11 is 0. The van der Waals surface area contributed by atoms with Crippen LogP contribution in [0.5, 0.6) is 5.75 Å². The van der Waals surface area contributed by atoms with Crippen LogP contribution in [0.1, 0.15) is 50.0 Å². The number of nitro benzene ring substituents is 1. The summed E-state index contributed by atoms with van der Waals surface area (Å²) in [7, 11) is 0. The number of benzene rings is 2. The highest BCUT2D eigenvalue weighted by Gasteiger charge is 2.36. The standard InChI is InChI=1S/C21H26N2O4.ClH/c1-21(2,3)22-17-11-9-15-16(20(17)24)10-12-18(19(15)23(25)26)27-13-14-7-5-4-6-8-14;/h4-8,10,12,17,20,22,24H,9,11,13H2,1-3H3;1H/t17-,20-;/m1./s1. The number of nitrogens with zero attached hydrogens (tertiary/aromatic N) is 1. The highest BCUT2D eigenvalue weighted by molar-refractivity contribution is 5.85. The number of hydrogen-bond acceptors (Lipinski definition) is 5. The first kappa shape index (κ1) is 22.1. The Hall–Kier alpha value is -2.15. The van der Waals surface area contributed by atoms with E-state index in [4.69, 9.17) is 4.74 Å². The summed E-state index contributed by atoms with van der Waals surface area (Å²) in [5.74, 6) is 0.247. The van der Waals surface area contributed by atoms with E-state index in [1.54, 1.807) is 12.1 Å². The van der Waals surface area contributed by atoms with Crippen LogP contribution in [0, 0.1) is 10.1 Å². The molecule has 0 fully saturated rings. The van der Waals surface area contributed by atoms with Crippen LogP contribution < -0.4 is 10.1 Å². The van der Waals surface area contributed by atoms with Gasteiger partial charge in [-0.2, -0.15) is 0 Å². The summed E-state index contributed by atoms with van der Waals surface area (Å²) in [5.41, 5.74) is 1.95. The third-order valence-electron chi connectivity index (χ3n) is 4.73. The normalized spacial score (nSPS) is 18.7. The molecule has 2 aromatic carbocycles. The van der Waals surface area contributed by atoms with Crippen molar-refractivity contribution in [3.05, 3.63) is 69.3 Å². The van der Waals surface area contributed by atoms with E-state index >= 15 is 0 Å². The van der Waals surface area contributed by atoms with Gasteiger partial charge < -0.3 is 15.2 Å². The van der Waals surface area contributed by atoms with Gasteiger partial charge in [0, 0.05) is 17.1 Å². The molecule has 0 aliphatic heterocycles. The zero-order chi connectivity index (χ0) is 19.6. The summed E-state index contributed by atoms with van der Waals surface area (Å²) in [4.78, 5) is 11.4. The fourth-order valence-corrected chi connectivity index (χ4v) is 3.60. The number of ether oxygens (including phenoxy) is 1. The van der Waals surface area contributed by atoms with Crippen LogP contribution in [0.15, 0.2) is 42.5 Å². The van der Waals surface area contributed by atoms with Crippen LogP contribution in [0.2, 0.25) is 0 Å². The van der Waals surface area contributed by atoms with Gasteiger partial charge in [-0.1, -0.05) is 36.4 Å². The van der Waals surface area contributed by atoms with Crippen LogP contribution in [0.4, 0.5) is 5.69 Å². The molecular formula is C21H27ClN2O4. The third kappa shape index (κ3) is 5.01. The maximum atomic E-state index is 11.8. The maximum absolute atomic E-state index is 11.8. The number of halogens is 1. The van der Waals surface area contributed by atoms with Crippen molar-refractivity contribution in [1.82, 2.24) is 5.32 Å². The molecule has 0 aromatic heterocycles. The molecule has 6 nitrogen and oxygen atoms in total. The first-order chi connectivity index (χ1) is 12.8.